The van der Waals surface area contributed by atoms with Gasteiger partial charge in [0.05, 0.1) is 17.8 Å². The molecular weight excluding hydrogens is 316 g/mol. The number of hydrazone groups is 1. The number of carbonyl (C=O) groups is 1. The van der Waals surface area contributed by atoms with Crippen molar-refractivity contribution in [3.63, 3.8) is 0 Å². The van der Waals surface area contributed by atoms with E-state index in [1.165, 1.54) is 0 Å². The minimum absolute atomic E-state index is 0.268. The quantitative estimate of drug-likeness (QED) is 0.410. The van der Waals surface area contributed by atoms with Crippen molar-refractivity contribution in [2.45, 2.75) is 12.8 Å². The number of para-hydroxylation sites is 1. The maximum Gasteiger partial charge on any atom is 0.307 e. The van der Waals surface area contributed by atoms with Gasteiger partial charge in [-0.2, -0.15) is 5.10 Å². The van der Waals surface area contributed by atoms with Crippen LogP contribution in [0, 0.1) is 11.8 Å². The van der Waals surface area contributed by atoms with Gasteiger partial charge in [0.25, 0.3) is 0 Å². The average molecular weight is 340 g/mol. The Kier molecular flexibility index (Phi) is 5.85. The smallest absolute Gasteiger partial charge is 0.307 e. The maximum atomic E-state index is 11.1. The zero-order valence-electron chi connectivity index (χ0n) is 14.1. The van der Waals surface area contributed by atoms with Crippen molar-refractivity contribution in [1.29, 1.82) is 0 Å². The minimum Gasteiger partial charge on any atom is -0.481 e. The molecule has 132 valence electrons. The molecule has 1 aliphatic rings. The summed E-state index contributed by atoms with van der Waals surface area (Å²) in [5.41, 5.74) is 5.20. The van der Waals surface area contributed by atoms with E-state index in [4.69, 9.17) is 5.11 Å². The molecule has 6 heteroatoms. The number of aromatic nitrogens is 1. The van der Waals surface area contributed by atoms with Crippen molar-refractivity contribution < 1.29 is 9.90 Å². The van der Waals surface area contributed by atoms with Crippen molar-refractivity contribution in [3.8, 4) is 5.69 Å². The second-order valence-electron chi connectivity index (χ2n) is 6.40. The third-order valence-corrected chi connectivity index (χ3v) is 4.57. The Hall–Kier alpha value is -2.60. The molecule has 1 aromatic heterocycles. The van der Waals surface area contributed by atoms with Crippen LogP contribution in [-0.4, -0.2) is 41.5 Å². The number of hydrogen-bond acceptors (Lipinski definition) is 4. The third-order valence-electron chi connectivity index (χ3n) is 4.57. The largest absolute Gasteiger partial charge is 0.481 e. The molecule has 0 bridgehead atoms. The van der Waals surface area contributed by atoms with Gasteiger partial charge < -0.3 is 20.4 Å². The summed E-state index contributed by atoms with van der Waals surface area (Å²) in [6, 6.07) is 12.1. The molecule has 2 atom stereocenters. The lowest BCUT2D eigenvalue weighted by Gasteiger charge is -2.27. The van der Waals surface area contributed by atoms with E-state index in [0.717, 1.165) is 37.2 Å². The van der Waals surface area contributed by atoms with Crippen LogP contribution in [0.1, 0.15) is 18.4 Å². The van der Waals surface area contributed by atoms with Crippen LogP contribution in [0.15, 0.2) is 53.9 Å². The van der Waals surface area contributed by atoms with E-state index in [2.05, 4.69) is 26.5 Å². The summed E-state index contributed by atoms with van der Waals surface area (Å²) in [4.78, 5) is 11.1. The lowest BCUT2D eigenvalue weighted by Crippen LogP contribution is -2.40. The fourth-order valence-corrected chi connectivity index (χ4v) is 3.21. The Morgan fingerprint density at radius 1 is 1.28 bits per heavy atom. The van der Waals surface area contributed by atoms with Crippen LogP contribution >= 0.6 is 0 Å². The van der Waals surface area contributed by atoms with E-state index in [1.807, 2.05) is 48.9 Å². The Morgan fingerprint density at radius 2 is 2.08 bits per heavy atom. The van der Waals surface area contributed by atoms with Gasteiger partial charge >= 0.3 is 5.97 Å². The Balaban J connectivity index is 1.49. The summed E-state index contributed by atoms with van der Waals surface area (Å²) in [5.74, 6) is -0.592. The molecule has 25 heavy (non-hydrogen) atoms. The molecule has 1 fully saturated rings. The van der Waals surface area contributed by atoms with Crippen molar-refractivity contribution in [3.05, 3.63) is 54.4 Å². The van der Waals surface area contributed by atoms with Crippen LogP contribution in [0.2, 0.25) is 0 Å². The predicted molar refractivity (Wildman–Crippen MR) is 98.1 cm³/mol. The standard InChI is InChI=1S/C19H24N4O2/c24-19(25)17-11-15(12-20-13-17)7-8-21-22-14-16-5-1-2-6-18(16)23-9-3-4-10-23/h1-6,9-10,14-15,17,20-21H,7-8,11-13H2,(H,24,25)/b22-14+/t15-,17+/m0/s1. The number of rotatable bonds is 7. The number of aliphatic carboxylic acids is 1. The first-order valence-electron chi connectivity index (χ1n) is 8.66. The summed E-state index contributed by atoms with van der Waals surface area (Å²) >= 11 is 0. The van der Waals surface area contributed by atoms with Crippen LogP contribution in [0.5, 0.6) is 0 Å². The Labute approximate surface area is 147 Å². The van der Waals surface area contributed by atoms with Gasteiger partial charge in [-0.25, -0.2) is 0 Å². The first-order chi connectivity index (χ1) is 12.2. The van der Waals surface area contributed by atoms with Gasteiger partial charge in [0.1, 0.15) is 0 Å². The first-order valence-corrected chi connectivity index (χ1v) is 8.66. The van der Waals surface area contributed by atoms with Crippen LogP contribution in [0.4, 0.5) is 0 Å². The molecule has 1 saturated heterocycles. The highest BCUT2D eigenvalue weighted by Gasteiger charge is 2.26. The Bertz CT molecular complexity index is 712. The van der Waals surface area contributed by atoms with Gasteiger partial charge in [0, 0.05) is 31.0 Å². The summed E-state index contributed by atoms with van der Waals surface area (Å²) in [5, 5.41) is 16.6. The highest BCUT2D eigenvalue weighted by molar-refractivity contribution is 5.84. The third kappa shape index (κ3) is 4.70. The van der Waals surface area contributed by atoms with E-state index in [1.54, 1.807) is 0 Å². The molecule has 0 amide bonds. The van der Waals surface area contributed by atoms with E-state index >= 15 is 0 Å². The second kappa shape index (κ2) is 8.48. The summed E-state index contributed by atoms with van der Waals surface area (Å²) < 4.78 is 2.06. The van der Waals surface area contributed by atoms with Crippen LogP contribution < -0.4 is 10.7 Å². The normalized spacial score (nSPS) is 20.6. The summed E-state index contributed by atoms with van der Waals surface area (Å²) in [6.45, 7) is 2.19. The van der Waals surface area contributed by atoms with E-state index < -0.39 is 5.97 Å². The topological polar surface area (TPSA) is 78.7 Å². The van der Waals surface area contributed by atoms with Crippen LogP contribution in [0.25, 0.3) is 5.69 Å². The monoisotopic (exact) mass is 340 g/mol. The fraction of sp³-hybridized carbons (Fsp3) is 0.368. The molecule has 0 unspecified atom stereocenters. The van der Waals surface area contributed by atoms with Gasteiger partial charge in [-0.3, -0.25) is 4.79 Å². The highest BCUT2D eigenvalue weighted by atomic mass is 16.4. The van der Waals surface area contributed by atoms with E-state index in [0.29, 0.717) is 12.5 Å². The maximum absolute atomic E-state index is 11.1. The fourth-order valence-electron chi connectivity index (χ4n) is 3.21. The molecular formula is C19H24N4O2. The van der Waals surface area contributed by atoms with Gasteiger partial charge in [0.15, 0.2) is 0 Å². The Morgan fingerprint density at radius 3 is 2.88 bits per heavy atom. The number of nitrogens with one attached hydrogen (secondary N) is 2. The number of piperidine rings is 1. The first kappa shape index (κ1) is 17.2. The zero-order valence-corrected chi connectivity index (χ0v) is 14.1. The minimum atomic E-state index is -0.704. The number of hydrogen-bond donors (Lipinski definition) is 3. The highest BCUT2D eigenvalue weighted by Crippen LogP contribution is 2.19. The SMILES string of the molecule is O=C(O)[C@H]1CNC[C@@H](CCN/N=C/c2ccccc2-n2cccc2)C1. The number of carboxylic acids is 1. The van der Waals surface area contributed by atoms with Crippen molar-refractivity contribution in [1.82, 2.24) is 15.3 Å². The van der Waals surface area contributed by atoms with Gasteiger partial charge in [-0.15, -0.1) is 0 Å². The summed E-state index contributed by atoms with van der Waals surface area (Å²) in [7, 11) is 0. The van der Waals surface area contributed by atoms with Gasteiger partial charge in [0.2, 0.25) is 0 Å². The van der Waals surface area contributed by atoms with Crippen LogP contribution in [0.3, 0.4) is 0 Å². The number of carboxylic acid groups (broad SMARTS) is 1. The van der Waals surface area contributed by atoms with Crippen molar-refractivity contribution >= 4 is 12.2 Å². The molecule has 0 saturated carbocycles. The lowest BCUT2D eigenvalue weighted by molar-refractivity contribution is -0.142. The average Bonchev–Trinajstić information content (AvgIpc) is 3.16. The second-order valence-corrected chi connectivity index (χ2v) is 6.40. The van der Waals surface area contributed by atoms with E-state index in [-0.39, 0.29) is 5.92 Å². The van der Waals surface area contributed by atoms with Gasteiger partial charge in [-0.05, 0) is 43.5 Å². The van der Waals surface area contributed by atoms with Gasteiger partial charge in [-0.1, -0.05) is 18.2 Å². The number of nitrogens with zero attached hydrogens (tertiary/aromatic N) is 2. The van der Waals surface area contributed by atoms with Crippen molar-refractivity contribution in [2.24, 2.45) is 16.9 Å². The summed E-state index contributed by atoms with van der Waals surface area (Å²) in [6.07, 6.45) is 7.50. The molecule has 0 aliphatic carbocycles. The number of benzene rings is 1. The molecule has 3 N–H and O–H groups in total. The predicted octanol–water partition coefficient (Wildman–Crippen LogP) is 2.10. The molecule has 3 rings (SSSR count). The molecule has 0 radical (unpaired) electrons. The van der Waals surface area contributed by atoms with E-state index in [9.17, 15) is 4.79 Å². The molecule has 2 aromatic rings. The van der Waals surface area contributed by atoms with Crippen LogP contribution in [-0.2, 0) is 4.79 Å². The molecule has 2 heterocycles. The molecule has 6 nitrogen and oxygen atoms in total. The van der Waals surface area contributed by atoms with Crippen molar-refractivity contribution in [2.75, 3.05) is 19.6 Å². The lowest BCUT2D eigenvalue weighted by atomic mass is 9.88. The molecule has 1 aromatic carbocycles. The molecule has 1 aliphatic heterocycles. The molecule has 0 spiro atoms. The zero-order chi connectivity index (χ0) is 17.5.